The highest BCUT2D eigenvalue weighted by Gasteiger charge is 2.22. The number of aromatic nitrogens is 1. The Hall–Kier alpha value is -1.86. The molecule has 24 heavy (non-hydrogen) atoms. The molecule has 0 bridgehead atoms. The van der Waals surface area contributed by atoms with Gasteiger partial charge in [0.25, 0.3) is 5.91 Å². The molecule has 1 aromatic heterocycles. The van der Waals surface area contributed by atoms with Gasteiger partial charge in [0.05, 0.1) is 12.7 Å². The van der Waals surface area contributed by atoms with Gasteiger partial charge in [0.1, 0.15) is 11.5 Å². The van der Waals surface area contributed by atoms with Crippen LogP contribution in [0.5, 0.6) is 5.75 Å². The summed E-state index contributed by atoms with van der Waals surface area (Å²) in [6.07, 6.45) is 1.76. The van der Waals surface area contributed by atoms with Crippen LogP contribution in [0.1, 0.15) is 11.7 Å². The van der Waals surface area contributed by atoms with Gasteiger partial charge in [-0.15, -0.1) is 0 Å². The van der Waals surface area contributed by atoms with Crippen LogP contribution in [0.15, 0.2) is 39.4 Å². The quantitative estimate of drug-likeness (QED) is 0.780. The summed E-state index contributed by atoms with van der Waals surface area (Å²) >= 11 is 3.37. The van der Waals surface area contributed by atoms with E-state index >= 15 is 0 Å². The van der Waals surface area contributed by atoms with Crippen LogP contribution in [-0.2, 0) is 11.3 Å². The predicted octanol–water partition coefficient (Wildman–Crippen LogP) is 2.47. The molecule has 1 fully saturated rings. The van der Waals surface area contributed by atoms with Crippen molar-refractivity contribution in [2.75, 3.05) is 32.8 Å². The molecule has 128 valence electrons. The number of carbonyl (C=O) groups excluding carboxylic acids is 1. The number of ether oxygens (including phenoxy) is 1. The van der Waals surface area contributed by atoms with Gasteiger partial charge in [0, 0.05) is 37.6 Å². The SMILES string of the molecule is Cc1ncc(CN2CCN(C(=O)COc3ccc(Br)cc3)CC2)o1. The first-order valence-corrected chi connectivity index (χ1v) is 8.69. The molecule has 2 heterocycles. The van der Waals surface area contributed by atoms with Crippen molar-refractivity contribution in [3.63, 3.8) is 0 Å². The van der Waals surface area contributed by atoms with Crippen molar-refractivity contribution in [3.8, 4) is 5.75 Å². The molecule has 0 atom stereocenters. The topological polar surface area (TPSA) is 58.8 Å². The highest BCUT2D eigenvalue weighted by atomic mass is 79.9. The molecule has 1 saturated heterocycles. The van der Waals surface area contributed by atoms with Crippen molar-refractivity contribution in [1.82, 2.24) is 14.8 Å². The third kappa shape index (κ3) is 4.58. The van der Waals surface area contributed by atoms with Gasteiger partial charge in [0.15, 0.2) is 12.5 Å². The van der Waals surface area contributed by atoms with Gasteiger partial charge in [-0.05, 0) is 24.3 Å². The minimum absolute atomic E-state index is 0.0214. The number of hydrogen-bond donors (Lipinski definition) is 0. The molecule has 0 radical (unpaired) electrons. The van der Waals surface area contributed by atoms with E-state index in [0.717, 1.165) is 29.9 Å². The van der Waals surface area contributed by atoms with Crippen LogP contribution in [-0.4, -0.2) is 53.5 Å². The van der Waals surface area contributed by atoms with E-state index in [1.165, 1.54) is 0 Å². The van der Waals surface area contributed by atoms with Crippen LogP contribution in [0.4, 0.5) is 0 Å². The predicted molar refractivity (Wildman–Crippen MR) is 92.7 cm³/mol. The average Bonchev–Trinajstić information content (AvgIpc) is 2.99. The lowest BCUT2D eigenvalue weighted by Crippen LogP contribution is -2.49. The van der Waals surface area contributed by atoms with Crippen molar-refractivity contribution in [3.05, 3.63) is 46.6 Å². The average molecular weight is 394 g/mol. The third-order valence-corrected chi connectivity index (χ3v) is 4.48. The van der Waals surface area contributed by atoms with Gasteiger partial charge in [-0.25, -0.2) is 4.98 Å². The summed E-state index contributed by atoms with van der Waals surface area (Å²) < 4.78 is 12.0. The van der Waals surface area contributed by atoms with Gasteiger partial charge >= 0.3 is 0 Å². The molecule has 0 spiro atoms. The van der Waals surface area contributed by atoms with E-state index in [0.29, 0.717) is 24.7 Å². The minimum atomic E-state index is 0.0214. The molecule has 0 aliphatic carbocycles. The standard InChI is InChI=1S/C17H20BrN3O3/c1-13-19-10-16(24-13)11-20-6-8-21(9-7-20)17(22)12-23-15-4-2-14(18)3-5-15/h2-5,10H,6-9,11-12H2,1H3. The van der Waals surface area contributed by atoms with Crippen LogP contribution in [0, 0.1) is 6.92 Å². The van der Waals surface area contributed by atoms with E-state index in [1.807, 2.05) is 36.1 Å². The highest BCUT2D eigenvalue weighted by Crippen LogP contribution is 2.16. The smallest absolute Gasteiger partial charge is 0.260 e. The molecule has 7 heteroatoms. The number of amides is 1. The van der Waals surface area contributed by atoms with Gasteiger partial charge in [-0.1, -0.05) is 15.9 Å². The highest BCUT2D eigenvalue weighted by molar-refractivity contribution is 9.10. The Balaban J connectivity index is 1.42. The monoisotopic (exact) mass is 393 g/mol. The van der Waals surface area contributed by atoms with Gasteiger partial charge in [-0.2, -0.15) is 0 Å². The Morgan fingerprint density at radius 1 is 1.25 bits per heavy atom. The summed E-state index contributed by atoms with van der Waals surface area (Å²) in [5.41, 5.74) is 0. The summed E-state index contributed by atoms with van der Waals surface area (Å²) in [6, 6.07) is 7.47. The van der Waals surface area contributed by atoms with E-state index in [2.05, 4.69) is 25.8 Å². The van der Waals surface area contributed by atoms with E-state index in [4.69, 9.17) is 9.15 Å². The third-order valence-electron chi connectivity index (χ3n) is 3.95. The minimum Gasteiger partial charge on any atom is -0.484 e. The molecular weight excluding hydrogens is 374 g/mol. The van der Waals surface area contributed by atoms with Crippen molar-refractivity contribution >= 4 is 21.8 Å². The number of aryl methyl sites for hydroxylation is 1. The maximum atomic E-state index is 12.3. The molecule has 0 unspecified atom stereocenters. The van der Waals surface area contributed by atoms with E-state index in [-0.39, 0.29) is 12.5 Å². The second kappa shape index (κ2) is 7.81. The molecule has 3 rings (SSSR count). The molecular formula is C17H20BrN3O3. The molecule has 6 nitrogen and oxygen atoms in total. The number of benzene rings is 1. The summed E-state index contributed by atoms with van der Waals surface area (Å²) in [7, 11) is 0. The molecule has 0 N–H and O–H groups in total. The number of hydrogen-bond acceptors (Lipinski definition) is 5. The van der Waals surface area contributed by atoms with Crippen LogP contribution in [0.3, 0.4) is 0 Å². The number of carbonyl (C=O) groups is 1. The fourth-order valence-electron chi connectivity index (χ4n) is 2.62. The normalized spacial score (nSPS) is 15.5. The van der Waals surface area contributed by atoms with Crippen LogP contribution in [0.2, 0.25) is 0 Å². The summed E-state index contributed by atoms with van der Waals surface area (Å²) in [5, 5.41) is 0. The number of oxazole rings is 1. The van der Waals surface area contributed by atoms with E-state index < -0.39 is 0 Å². The zero-order valence-corrected chi connectivity index (χ0v) is 15.2. The maximum absolute atomic E-state index is 12.3. The summed E-state index contributed by atoms with van der Waals surface area (Å²) in [4.78, 5) is 20.5. The Kier molecular flexibility index (Phi) is 5.52. The van der Waals surface area contributed by atoms with Crippen LogP contribution >= 0.6 is 15.9 Å². The van der Waals surface area contributed by atoms with Gasteiger partial charge < -0.3 is 14.1 Å². The van der Waals surface area contributed by atoms with E-state index in [9.17, 15) is 4.79 Å². The Morgan fingerprint density at radius 3 is 2.58 bits per heavy atom. The maximum Gasteiger partial charge on any atom is 0.260 e. The number of piperazine rings is 1. The molecule has 0 saturated carbocycles. The van der Waals surface area contributed by atoms with Crippen molar-refractivity contribution < 1.29 is 13.9 Å². The second-order valence-corrected chi connectivity index (χ2v) is 6.66. The fraction of sp³-hybridized carbons (Fsp3) is 0.412. The molecule has 2 aromatic rings. The Labute approximate surface area is 149 Å². The first kappa shape index (κ1) is 17.0. The molecule has 1 aromatic carbocycles. The molecule has 1 aliphatic rings. The second-order valence-electron chi connectivity index (χ2n) is 5.75. The van der Waals surface area contributed by atoms with Crippen molar-refractivity contribution in [2.45, 2.75) is 13.5 Å². The van der Waals surface area contributed by atoms with Crippen molar-refractivity contribution in [2.24, 2.45) is 0 Å². The van der Waals surface area contributed by atoms with E-state index in [1.54, 1.807) is 6.20 Å². The zero-order valence-electron chi connectivity index (χ0n) is 13.6. The lowest BCUT2D eigenvalue weighted by atomic mass is 10.3. The number of nitrogens with zero attached hydrogens (tertiary/aromatic N) is 3. The molecule has 1 aliphatic heterocycles. The first-order valence-electron chi connectivity index (χ1n) is 7.90. The van der Waals surface area contributed by atoms with Gasteiger partial charge in [0.2, 0.25) is 0 Å². The van der Waals surface area contributed by atoms with Crippen molar-refractivity contribution in [1.29, 1.82) is 0 Å². The number of rotatable bonds is 5. The summed E-state index contributed by atoms with van der Waals surface area (Å²) in [6.45, 7) is 5.70. The lowest BCUT2D eigenvalue weighted by molar-refractivity contribution is -0.135. The first-order chi connectivity index (χ1) is 11.6. The number of halogens is 1. The van der Waals surface area contributed by atoms with Crippen LogP contribution in [0.25, 0.3) is 0 Å². The Bertz CT molecular complexity index is 679. The van der Waals surface area contributed by atoms with Gasteiger partial charge in [-0.3, -0.25) is 9.69 Å². The zero-order chi connectivity index (χ0) is 16.9. The summed E-state index contributed by atoms with van der Waals surface area (Å²) in [5.74, 6) is 2.27. The van der Waals surface area contributed by atoms with Crippen LogP contribution < -0.4 is 4.74 Å². The molecule has 1 amide bonds. The largest absolute Gasteiger partial charge is 0.484 e. The Morgan fingerprint density at radius 2 is 1.96 bits per heavy atom. The fourth-order valence-corrected chi connectivity index (χ4v) is 2.89. The lowest BCUT2D eigenvalue weighted by Gasteiger charge is -2.34.